The fraction of sp³-hybridized carbons (Fsp3) is 0.375. The molecule has 2 aliphatic rings. The molecule has 6 rings (SSSR count). The Morgan fingerprint density at radius 2 is 1.92 bits per heavy atom. The lowest BCUT2D eigenvalue weighted by atomic mass is 10.0. The number of tetrazole rings is 1. The molecule has 2 aliphatic heterocycles. The molecule has 0 aliphatic carbocycles. The van der Waals surface area contributed by atoms with Crippen LogP contribution in [0, 0.1) is 0 Å². The second kappa shape index (κ2) is 8.92. The summed E-state index contributed by atoms with van der Waals surface area (Å²) in [5.74, 6) is 1.28. The largest absolute Gasteiger partial charge is 0.354 e. The summed E-state index contributed by atoms with van der Waals surface area (Å²) in [6, 6.07) is 7.35. The smallest absolute Gasteiger partial charge is 0.255 e. The van der Waals surface area contributed by atoms with E-state index in [1.807, 2.05) is 50.1 Å². The number of carbonyl (C=O) groups is 1. The molecule has 3 aromatic heterocycles. The first-order chi connectivity index (χ1) is 17.9. The zero-order valence-electron chi connectivity index (χ0n) is 21.2. The van der Waals surface area contributed by atoms with Crippen LogP contribution in [0.4, 0.5) is 17.5 Å². The molecule has 4 aromatic rings. The quantitative estimate of drug-likeness (QED) is 0.426. The number of amides is 1. The van der Waals surface area contributed by atoms with Crippen LogP contribution in [0.3, 0.4) is 0 Å². The Bertz CT molecular complexity index is 1510. The number of H-pyrrole nitrogens is 1. The van der Waals surface area contributed by atoms with Crippen molar-refractivity contribution < 1.29 is 4.79 Å². The van der Waals surface area contributed by atoms with E-state index in [2.05, 4.69) is 57.9 Å². The standard InChI is InChI=1S/C24H28N12O/c1-14-21(15(2)36-24(34(14)4)30-31-32-36)23(37)27-16-5-6-18-17(11-16)22(29-28-18)19-12-20(26-13-25-19)35-9-7-33(3)8-10-35/h5-6,11-13,15H,7-10H2,1-4H3,(H,27,37)(H,28,29)/t15-/m1/s1. The molecule has 37 heavy (non-hydrogen) atoms. The van der Waals surface area contributed by atoms with Crippen LogP contribution in [-0.4, -0.2) is 91.5 Å². The molecule has 0 saturated carbocycles. The van der Waals surface area contributed by atoms with Crippen LogP contribution >= 0.6 is 0 Å². The summed E-state index contributed by atoms with van der Waals surface area (Å²) in [5, 5.41) is 23.4. The van der Waals surface area contributed by atoms with Gasteiger partial charge in [-0.3, -0.25) is 9.89 Å². The first-order valence-electron chi connectivity index (χ1n) is 12.2. The molecule has 1 amide bonds. The normalized spacial score (nSPS) is 18.4. The maximum atomic E-state index is 13.4. The molecule has 0 bridgehead atoms. The molecule has 13 heteroatoms. The van der Waals surface area contributed by atoms with Crippen molar-refractivity contribution in [1.82, 2.24) is 45.3 Å². The van der Waals surface area contributed by atoms with Crippen molar-refractivity contribution in [3.8, 4) is 11.4 Å². The topological polar surface area (TPSA) is 137 Å². The summed E-state index contributed by atoms with van der Waals surface area (Å²) in [7, 11) is 3.97. The molecule has 1 aromatic carbocycles. The van der Waals surface area contributed by atoms with Crippen LogP contribution in [0.5, 0.6) is 0 Å². The van der Waals surface area contributed by atoms with Crippen molar-refractivity contribution >= 4 is 34.3 Å². The lowest BCUT2D eigenvalue weighted by Crippen LogP contribution is -2.44. The van der Waals surface area contributed by atoms with Crippen LogP contribution in [0.2, 0.25) is 0 Å². The number of fused-ring (bicyclic) bond motifs is 2. The molecule has 1 atom stereocenters. The van der Waals surface area contributed by atoms with Crippen LogP contribution in [0.25, 0.3) is 22.3 Å². The predicted molar refractivity (Wildman–Crippen MR) is 139 cm³/mol. The van der Waals surface area contributed by atoms with E-state index < -0.39 is 0 Å². The maximum Gasteiger partial charge on any atom is 0.255 e. The van der Waals surface area contributed by atoms with Gasteiger partial charge in [0.15, 0.2) is 0 Å². The molecule has 1 fully saturated rings. The highest BCUT2D eigenvalue weighted by Gasteiger charge is 2.32. The van der Waals surface area contributed by atoms with E-state index in [1.165, 1.54) is 0 Å². The summed E-state index contributed by atoms with van der Waals surface area (Å²) in [4.78, 5) is 28.8. The van der Waals surface area contributed by atoms with E-state index in [0.29, 0.717) is 22.9 Å². The minimum Gasteiger partial charge on any atom is -0.354 e. The Morgan fingerprint density at radius 3 is 2.73 bits per heavy atom. The summed E-state index contributed by atoms with van der Waals surface area (Å²) in [6.07, 6.45) is 1.58. The minimum absolute atomic E-state index is 0.207. The van der Waals surface area contributed by atoms with Crippen LogP contribution in [-0.2, 0) is 4.79 Å². The number of hydrogen-bond acceptors (Lipinski definition) is 10. The molecule has 0 radical (unpaired) electrons. The van der Waals surface area contributed by atoms with Gasteiger partial charge in [-0.05, 0) is 49.5 Å². The lowest BCUT2D eigenvalue weighted by Gasteiger charge is -2.33. The van der Waals surface area contributed by atoms with Gasteiger partial charge in [0.2, 0.25) is 5.95 Å². The van der Waals surface area contributed by atoms with Crippen molar-refractivity contribution in [2.24, 2.45) is 0 Å². The third-order valence-electron chi connectivity index (χ3n) is 7.24. The van der Waals surface area contributed by atoms with E-state index in [9.17, 15) is 4.79 Å². The number of likely N-dealkylation sites (N-methyl/N-ethyl adjacent to an activating group) is 1. The first kappa shape index (κ1) is 23.0. The molecule has 190 valence electrons. The van der Waals surface area contributed by atoms with E-state index in [1.54, 1.807) is 11.0 Å². The Labute approximate surface area is 213 Å². The van der Waals surface area contributed by atoms with E-state index in [4.69, 9.17) is 0 Å². The maximum absolute atomic E-state index is 13.4. The van der Waals surface area contributed by atoms with E-state index in [0.717, 1.165) is 54.3 Å². The van der Waals surface area contributed by atoms with Gasteiger partial charge in [-0.1, -0.05) is 5.10 Å². The number of rotatable bonds is 4. The third-order valence-corrected chi connectivity index (χ3v) is 7.24. The van der Waals surface area contributed by atoms with Crippen LogP contribution in [0.1, 0.15) is 19.9 Å². The summed E-state index contributed by atoms with van der Waals surface area (Å²) in [5.41, 5.74) is 4.35. The lowest BCUT2D eigenvalue weighted by molar-refractivity contribution is -0.113. The van der Waals surface area contributed by atoms with Gasteiger partial charge >= 0.3 is 0 Å². The number of piperazine rings is 1. The molecule has 5 heterocycles. The fourth-order valence-corrected chi connectivity index (χ4v) is 4.94. The van der Waals surface area contributed by atoms with Gasteiger partial charge in [0, 0.05) is 56.1 Å². The molecule has 13 nitrogen and oxygen atoms in total. The number of nitrogens with one attached hydrogen (secondary N) is 2. The van der Waals surface area contributed by atoms with Crippen molar-refractivity contribution in [2.75, 3.05) is 55.4 Å². The number of aromatic amines is 1. The number of nitrogens with zero attached hydrogens (tertiary/aromatic N) is 10. The van der Waals surface area contributed by atoms with Gasteiger partial charge in [-0.25, -0.2) is 14.6 Å². The van der Waals surface area contributed by atoms with Gasteiger partial charge < -0.3 is 20.0 Å². The van der Waals surface area contributed by atoms with Crippen LogP contribution in [0.15, 0.2) is 41.9 Å². The second-order valence-electron chi connectivity index (χ2n) is 9.50. The molecule has 0 spiro atoms. The SMILES string of the molecule is CC1=C(C(=O)Nc2ccc3[nH]nc(-c4cc(N5CCN(C)CC5)ncn4)c3c2)[C@@H](C)n2nnnc2N1C. The fourth-order valence-electron chi connectivity index (χ4n) is 4.94. The Morgan fingerprint density at radius 1 is 1.11 bits per heavy atom. The summed E-state index contributed by atoms with van der Waals surface area (Å²) >= 11 is 0. The molecular weight excluding hydrogens is 472 g/mol. The van der Waals surface area contributed by atoms with E-state index in [-0.39, 0.29) is 11.9 Å². The number of hydrogen-bond donors (Lipinski definition) is 2. The Hall–Kier alpha value is -4.39. The molecule has 1 saturated heterocycles. The van der Waals surface area contributed by atoms with Crippen LogP contribution < -0.4 is 15.1 Å². The molecule has 2 N–H and O–H groups in total. The van der Waals surface area contributed by atoms with Crippen molar-refractivity contribution in [3.05, 3.63) is 41.9 Å². The van der Waals surface area contributed by atoms with Gasteiger partial charge in [0.1, 0.15) is 17.8 Å². The highest BCUT2D eigenvalue weighted by atomic mass is 16.1. The molecule has 0 unspecified atom stereocenters. The predicted octanol–water partition coefficient (Wildman–Crippen LogP) is 1.68. The van der Waals surface area contributed by atoms with Gasteiger partial charge in [0.25, 0.3) is 5.91 Å². The van der Waals surface area contributed by atoms with Crippen molar-refractivity contribution in [1.29, 1.82) is 0 Å². The zero-order valence-corrected chi connectivity index (χ0v) is 21.2. The monoisotopic (exact) mass is 500 g/mol. The van der Waals surface area contributed by atoms with Gasteiger partial charge in [-0.15, -0.1) is 0 Å². The Kier molecular flexibility index (Phi) is 5.56. The van der Waals surface area contributed by atoms with Gasteiger partial charge in [0.05, 0.1) is 22.8 Å². The average Bonchev–Trinajstić information content (AvgIpc) is 3.56. The molecular formula is C24H28N12O. The average molecular weight is 501 g/mol. The van der Waals surface area contributed by atoms with Gasteiger partial charge in [-0.2, -0.15) is 5.10 Å². The number of benzene rings is 1. The van der Waals surface area contributed by atoms with Crippen molar-refractivity contribution in [2.45, 2.75) is 19.9 Å². The first-order valence-corrected chi connectivity index (χ1v) is 12.2. The number of carbonyl (C=O) groups excluding carboxylic acids is 1. The summed E-state index contributed by atoms with van der Waals surface area (Å²) in [6.45, 7) is 7.63. The number of allylic oxidation sites excluding steroid dienone is 1. The summed E-state index contributed by atoms with van der Waals surface area (Å²) < 4.78 is 1.65. The number of aromatic nitrogens is 8. The highest BCUT2D eigenvalue weighted by Crippen LogP contribution is 2.33. The Balaban J connectivity index is 1.28. The third kappa shape index (κ3) is 3.96. The minimum atomic E-state index is -0.302. The number of anilines is 3. The van der Waals surface area contributed by atoms with E-state index >= 15 is 0 Å². The second-order valence-corrected chi connectivity index (χ2v) is 9.50. The highest BCUT2D eigenvalue weighted by molar-refractivity contribution is 6.07. The zero-order chi connectivity index (χ0) is 25.7. The van der Waals surface area contributed by atoms with Crippen molar-refractivity contribution in [3.63, 3.8) is 0 Å².